The third-order valence-corrected chi connectivity index (χ3v) is 6.34. The Labute approximate surface area is 223 Å². The summed E-state index contributed by atoms with van der Waals surface area (Å²) >= 11 is 0. The summed E-state index contributed by atoms with van der Waals surface area (Å²) in [5, 5.41) is 5.70. The highest BCUT2D eigenvalue weighted by molar-refractivity contribution is 5.90. The van der Waals surface area contributed by atoms with Crippen molar-refractivity contribution in [1.29, 1.82) is 0 Å². The van der Waals surface area contributed by atoms with Crippen molar-refractivity contribution in [3.63, 3.8) is 0 Å². The van der Waals surface area contributed by atoms with Gasteiger partial charge in [0.1, 0.15) is 23.8 Å². The van der Waals surface area contributed by atoms with E-state index in [-0.39, 0.29) is 19.0 Å². The molecule has 12 heteroatoms. The normalized spacial score (nSPS) is 15.0. The molecule has 39 heavy (non-hydrogen) atoms. The zero-order chi connectivity index (χ0) is 27.4. The van der Waals surface area contributed by atoms with E-state index in [9.17, 15) is 14.0 Å². The molecule has 1 aliphatic heterocycles. The lowest BCUT2D eigenvalue weighted by Gasteiger charge is -2.15. The van der Waals surface area contributed by atoms with Gasteiger partial charge in [-0.2, -0.15) is 0 Å². The standard InChI is InChI=1S/C27H27F2N7O3/c1-17(37)31-12-21-14-36(27(38)39-21)20-7-8-22(23(29)11-20)19-5-3-18(4-6-19)13-35-16-34-24-25(30-10-2-9-28)32-15-33-26(24)35/h3-8,11,15-16,21H,2,9-10,12-14H2,1H3,(H,31,37)(H,30,32,33)/t21-/m0/s1. The zero-order valence-electron chi connectivity index (χ0n) is 21.2. The second kappa shape index (κ2) is 11.4. The molecular weight excluding hydrogens is 508 g/mol. The first kappa shape index (κ1) is 26.0. The quantitative estimate of drug-likeness (QED) is 0.296. The Bertz CT molecular complexity index is 1490. The van der Waals surface area contributed by atoms with E-state index in [2.05, 4.69) is 25.6 Å². The van der Waals surface area contributed by atoms with Crippen LogP contribution in [0.4, 0.5) is 25.1 Å². The molecule has 0 bridgehead atoms. The van der Waals surface area contributed by atoms with Gasteiger partial charge in [-0.1, -0.05) is 24.3 Å². The van der Waals surface area contributed by atoms with Gasteiger partial charge in [0.25, 0.3) is 0 Å². The number of aromatic nitrogens is 4. The maximum atomic E-state index is 15.1. The highest BCUT2D eigenvalue weighted by Crippen LogP contribution is 2.29. The number of alkyl halides is 1. The number of halogens is 2. The minimum atomic E-state index is -0.582. The average molecular weight is 536 g/mol. The molecule has 0 unspecified atom stereocenters. The summed E-state index contributed by atoms with van der Waals surface area (Å²) in [5.74, 6) is -0.124. The van der Waals surface area contributed by atoms with Crippen LogP contribution < -0.4 is 15.5 Å². The zero-order valence-corrected chi connectivity index (χ0v) is 21.2. The fourth-order valence-corrected chi connectivity index (χ4v) is 4.39. The van der Waals surface area contributed by atoms with E-state index in [0.717, 1.165) is 5.56 Å². The first-order valence-electron chi connectivity index (χ1n) is 12.5. The number of carbonyl (C=O) groups excluding carboxylic acids is 2. The van der Waals surface area contributed by atoms with Gasteiger partial charge in [-0.25, -0.2) is 24.1 Å². The van der Waals surface area contributed by atoms with Crippen LogP contribution in [0.1, 0.15) is 18.9 Å². The van der Waals surface area contributed by atoms with E-state index >= 15 is 4.39 Å². The number of hydrogen-bond donors (Lipinski definition) is 2. The monoisotopic (exact) mass is 535 g/mol. The maximum Gasteiger partial charge on any atom is 0.414 e. The first-order chi connectivity index (χ1) is 18.9. The van der Waals surface area contributed by atoms with Crippen molar-refractivity contribution in [2.24, 2.45) is 0 Å². The molecule has 202 valence electrons. The summed E-state index contributed by atoms with van der Waals surface area (Å²) in [6, 6.07) is 12.1. The van der Waals surface area contributed by atoms with Gasteiger partial charge in [0.05, 0.1) is 38.3 Å². The van der Waals surface area contributed by atoms with Gasteiger partial charge in [0.2, 0.25) is 5.91 Å². The van der Waals surface area contributed by atoms with Crippen molar-refractivity contribution in [2.75, 3.05) is 36.5 Å². The van der Waals surface area contributed by atoms with Crippen LogP contribution in [-0.4, -0.2) is 63.9 Å². The molecule has 1 fully saturated rings. The predicted molar refractivity (Wildman–Crippen MR) is 142 cm³/mol. The van der Waals surface area contributed by atoms with E-state index in [0.29, 0.717) is 53.3 Å². The second-order valence-corrected chi connectivity index (χ2v) is 9.15. The van der Waals surface area contributed by atoms with E-state index in [1.165, 1.54) is 24.2 Å². The van der Waals surface area contributed by atoms with Crippen LogP contribution in [0.2, 0.25) is 0 Å². The van der Waals surface area contributed by atoms with Crippen molar-refractivity contribution in [1.82, 2.24) is 24.8 Å². The number of carbonyl (C=O) groups is 2. The highest BCUT2D eigenvalue weighted by atomic mass is 19.1. The van der Waals surface area contributed by atoms with Crippen molar-refractivity contribution in [2.45, 2.75) is 26.0 Å². The van der Waals surface area contributed by atoms with Gasteiger partial charge in [-0.05, 0) is 35.7 Å². The number of fused-ring (bicyclic) bond motifs is 1. The summed E-state index contributed by atoms with van der Waals surface area (Å²) in [4.78, 5) is 37.7. The number of nitrogens with one attached hydrogen (secondary N) is 2. The number of hydrogen-bond acceptors (Lipinski definition) is 7. The molecule has 1 saturated heterocycles. The third kappa shape index (κ3) is 5.79. The SMILES string of the molecule is CC(=O)NC[C@H]1CN(c2ccc(-c3ccc(Cn4cnc5c(NCCCF)ncnc54)cc3)c(F)c2)C(=O)O1. The average Bonchev–Trinajstić information content (AvgIpc) is 3.51. The molecular formula is C27H27F2N7O3. The van der Waals surface area contributed by atoms with Crippen molar-refractivity contribution in [3.8, 4) is 11.1 Å². The number of anilines is 2. The number of ether oxygens (including phenoxy) is 1. The summed E-state index contributed by atoms with van der Waals surface area (Å²) < 4.78 is 34.7. The van der Waals surface area contributed by atoms with Gasteiger partial charge >= 0.3 is 6.09 Å². The topological polar surface area (TPSA) is 114 Å². The molecule has 2 N–H and O–H groups in total. The number of rotatable bonds is 10. The van der Waals surface area contributed by atoms with Gasteiger partial charge in [0.15, 0.2) is 11.5 Å². The molecule has 5 rings (SSSR count). The number of amides is 2. The highest BCUT2D eigenvalue weighted by Gasteiger charge is 2.32. The molecule has 2 amide bonds. The van der Waals surface area contributed by atoms with E-state index < -0.39 is 24.7 Å². The molecule has 3 heterocycles. The van der Waals surface area contributed by atoms with Crippen LogP contribution >= 0.6 is 0 Å². The predicted octanol–water partition coefficient (Wildman–Crippen LogP) is 3.91. The Morgan fingerprint density at radius 1 is 1.15 bits per heavy atom. The lowest BCUT2D eigenvalue weighted by atomic mass is 10.0. The van der Waals surface area contributed by atoms with E-state index in [1.807, 2.05) is 28.8 Å². The van der Waals surface area contributed by atoms with Gasteiger partial charge < -0.3 is 19.9 Å². The first-order valence-corrected chi connectivity index (χ1v) is 12.5. The Balaban J connectivity index is 1.27. The lowest BCUT2D eigenvalue weighted by molar-refractivity contribution is -0.119. The molecule has 2 aromatic heterocycles. The van der Waals surface area contributed by atoms with Crippen LogP contribution in [0, 0.1) is 5.82 Å². The summed E-state index contributed by atoms with van der Waals surface area (Å²) in [7, 11) is 0. The molecule has 0 radical (unpaired) electrons. The van der Waals surface area contributed by atoms with E-state index in [4.69, 9.17) is 4.74 Å². The molecule has 2 aromatic carbocycles. The molecule has 1 aliphatic rings. The fraction of sp³-hybridized carbons (Fsp3) is 0.296. The van der Waals surface area contributed by atoms with Gasteiger partial charge in [-0.3, -0.25) is 14.1 Å². The molecule has 1 atom stereocenters. The molecule has 0 spiro atoms. The largest absolute Gasteiger partial charge is 0.442 e. The number of imidazole rings is 1. The van der Waals surface area contributed by atoms with Gasteiger partial charge in [0, 0.05) is 19.0 Å². The second-order valence-electron chi connectivity index (χ2n) is 9.15. The summed E-state index contributed by atoms with van der Waals surface area (Å²) in [6.45, 7) is 2.34. The third-order valence-electron chi connectivity index (χ3n) is 6.34. The van der Waals surface area contributed by atoms with Gasteiger partial charge in [-0.15, -0.1) is 0 Å². The summed E-state index contributed by atoms with van der Waals surface area (Å²) in [6.07, 6.45) is 2.42. The van der Waals surface area contributed by atoms with Crippen LogP contribution in [0.15, 0.2) is 55.1 Å². The number of nitrogens with zero attached hydrogens (tertiary/aromatic N) is 5. The summed E-state index contributed by atoms with van der Waals surface area (Å²) in [5.41, 5.74) is 3.70. The molecule has 0 saturated carbocycles. The minimum absolute atomic E-state index is 0.199. The lowest BCUT2D eigenvalue weighted by Crippen LogP contribution is -2.33. The Kier molecular flexibility index (Phi) is 7.62. The van der Waals surface area contributed by atoms with Crippen LogP contribution in [0.3, 0.4) is 0 Å². The fourth-order valence-electron chi connectivity index (χ4n) is 4.39. The van der Waals surface area contributed by atoms with Crippen molar-refractivity contribution in [3.05, 3.63) is 66.5 Å². The van der Waals surface area contributed by atoms with E-state index in [1.54, 1.807) is 18.5 Å². The number of cyclic esters (lactones) is 1. The molecule has 4 aromatic rings. The Hall–Kier alpha value is -4.61. The minimum Gasteiger partial charge on any atom is -0.442 e. The maximum absolute atomic E-state index is 15.1. The number of benzene rings is 2. The van der Waals surface area contributed by atoms with Crippen LogP contribution in [-0.2, 0) is 16.1 Å². The molecule has 10 nitrogen and oxygen atoms in total. The molecule has 0 aliphatic carbocycles. The van der Waals surface area contributed by atoms with Crippen LogP contribution in [0.5, 0.6) is 0 Å². The Morgan fingerprint density at radius 3 is 2.72 bits per heavy atom. The van der Waals surface area contributed by atoms with Crippen molar-refractivity contribution < 1.29 is 23.1 Å². The Morgan fingerprint density at radius 2 is 1.97 bits per heavy atom. The van der Waals surface area contributed by atoms with Crippen LogP contribution in [0.25, 0.3) is 22.3 Å². The smallest absolute Gasteiger partial charge is 0.414 e. The van der Waals surface area contributed by atoms with Crippen molar-refractivity contribution >= 4 is 34.7 Å².